The smallest absolute Gasteiger partial charge is 0.266 e. The molecule has 0 fully saturated rings. The molecule has 1 amide bonds. The van der Waals surface area contributed by atoms with Crippen molar-refractivity contribution < 1.29 is 18.7 Å². The molecule has 0 aliphatic rings. The molecule has 0 bridgehead atoms. The fourth-order valence-electron chi connectivity index (χ4n) is 2.37. The molecule has 6 heteroatoms. The Morgan fingerprint density at radius 2 is 2.00 bits per heavy atom. The van der Waals surface area contributed by atoms with Gasteiger partial charge in [-0.2, -0.15) is 5.26 Å². The molecule has 2 aromatic carbocycles. The number of carbonyl (C=O) groups excluding carboxylic acids is 1. The van der Waals surface area contributed by atoms with Crippen LogP contribution in [-0.4, -0.2) is 19.6 Å². The van der Waals surface area contributed by atoms with E-state index >= 15 is 0 Å². The van der Waals surface area contributed by atoms with Crippen LogP contribution in [0.2, 0.25) is 0 Å². The number of hydrogen-bond donors (Lipinski definition) is 1. The van der Waals surface area contributed by atoms with Crippen LogP contribution in [0.1, 0.15) is 25.8 Å². The summed E-state index contributed by atoms with van der Waals surface area (Å²) in [7, 11) is 1.52. The maximum Gasteiger partial charge on any atom is 0.266 e. The number of nitrogens with zero attached hydrogens (tertiary/aromatic N) is 1. The lowest BCUT2D eigenvalue weighted by Crippen LogP contribution is -2.14. The van der Waals surface area contributed by atoms with E-state index in [9.17, 15) is 14.4 Å². The van der Waals surface area contributed by atoms with Gasteiger partial charge >= 0.3 is 0 Å². The van der Waals surface area contributed by atoms with Crippen LogP contribution in [0.3, 0.4) is 0 Å². The summed E-state index contributed by atoms with van der Waals surface area (Å²) in [5.41, 5.74) is 0.451. The third kappa shape index (κ3) is 5.85. The van der Waals surface area contributed by atoms with Crippen LogP contribution in [0.25, 0.3) is 6.08 Å². The normalized spacial score (nSPS) is 11.1. The number of nitrogens with one attached hydrogen (secondary N) is 1. The Morgan fingerprint density at radius 1 is 1.25 bits per heavy atom. The van der Waals surface area contributed by atoms with Crippen LogP contribution in [0.15, 0.2) is 48.0 Å². The lowest BCUT2D eigenvalue weighted by Gasteiger charge is -2.12. The summed E-state index contributed by atoms with van der Waals surface area (Å²) in [5.74, 6) is 0.361. The van der Waals surface area contributed by atoms with E-state index in [1.807, 2.05) is 6.07 Å². The first-order chi connectivity index (χ1) is 13.4. The van der Waals surface area contributed by atoms with Crippen LogP contribution in [-0.2, 0) is 4.79 Å². The molecule has 0 spiro atoms. The highest BCUT2D eigenvalue weighted by molar-refractivity contribution is 6.09. The molecule has 0 saturated heterocycles. The number of ether oxygens (including phenoxy) is 2. The maximum absolute atomic E-state index is 13.7. The van der Waals surface area contributed by atoms with Gasteiger partial charge in [-0.25, -0.2) is 4.39 Å². The number of amides is 1. The fourth-order valence-corrected chi connectivity index (χ4v) is 2.37. The Morgan fingerprint density at radius 3 is 2.64 bits per heavy atom. The standard InChI is InChI=1S/C22H23FN2O3/c1-15(2)10-11-28-20-9-8-16(13-21(20)27-3)12-17(14-24)22(26)25-19-7-5-4-6-18(19)23/h4-9,12-13,15H,10-11H2,1-3H3,(H,25,26)/b17-12-. The number of hydrogen-bond acceptors (Lipinski definition) is 4. The molecule has 0 atom stereocenters. The highest BCUT2D eigenvalue weighted by Crippen LogP contribution is 2.29. The van der Waals surface area contributed by atoms with Crippen molar-refractivity contribution in [2.75, 3.05) is 19.0 Å². The van der Waals surface area contributed by atoms with Crippen molar-refractivity contribution in [1.29, 1.82) is 5.26 Å². The summed E-state index contributed by atoms with van der Waals surface area (Å²) >= 11 is 0. The molecule has 2 aromatic rings. The van der Waals surface area contributed by atoms with Crippen molar-refractivity contribution in [3.05, 3.63) is 59.4 Å². The number of halogens is 1. The number of nitriles is 1. The molecule has 0 radical (unpaired) electrons. The molecule has 28 heavy (non-hydrogen) atoms. The molecule has 0 heterocycles. The first-order valence-corrected chi connectivity index (χ1v) is 8.93. The van der Waals surface area contributed by atoms with E-state index in [4.69, 9.17) is 9.47 Å². The fraction of sp³-hybridized carbons (Fsp3) is 0.273. The van der Waals surface area contributed by atoms with Gasteiger partial charge in [0.05, 0.1) is 19.4 Å². The van der Waals surface area contributed by atoms with E-state index in [-0.39, 0.29) is 11.3 Å². The van der Waals surface area contributed by atoms with Crippen molar-refractivity contribution >= 4 is 17.7 Å². The second kappa shape index (κ2) is 10.1. The molecule has 2 rings (SSSR count). The SMILES string of the molecule is COc1cc(/C=C(/C#N)C(=O)Nc2ccccc2F)ccc1OCCC(C)C. The summed E-state index contributed by atoms with van der Waals surface area (Å²) in [6.07, 6.45) is 2.33. The summed E-state index contributed by atoms with van der Waals surface area (Å²) in [6.45, 7) is 4.80. The predicted molar refractivity (Wildman–Crippen MR) is 107 cm³/mol. The summed E-state index contributed by atoms with van der Waals surface area (Å²) < 4.78 is 24.8. The highest BCUT2D eigenvalue weighted by atomic mass is 19.1. The first-order valence-electron chi connectivity index (χ1n) is 8.93. The predicted octanol–water partition coefficient (Wildman–Crippen LogP) is 4.80. The Hall–Kier alpha value is -3.33. The van der Waals surface area contributed by atoms with E-state index in [1.165, 1.54) is 31.4 Å². The average Bonchev–Trinajstić information content (AvgIpc) is 2.68. The average molecular weight is 382 g/mol. The van der Waals surface area contributed by atoms with Crippen LogP contribution in [0, 0.1) is 23.1 Å². The Balaban J connectivity index is 2.18. The monoisotopic (exact) mass is 382 g/mol. The summed E-state index contributed by atoms with van der Waals surface area (Å²) in [5, 5.41) is 11.7. The van der Waals surface area contributed by atoms with E-state index in [0.717, 1.165) is 6.42 Å². The van der Waals surface area contributed by atoms with E-state index in [0.29, 0.717) is 29.6 Å². The largest absolute Gasteiger partial charge is 0.493 e. The van der Waals surface area contributed by atoms with Gasteiger partial charge in [0.15, 0.2) is 11.5 Å². The second-order valence-electron chi connectivity index (χ2n) is 6.55. The summed E-state index contributed by atoms with van der Waals surface area (Å²) in [6, 6.07) is 12.7. The first kappa shape index (κ1) is 21.0. The lowest BCUT2D eigenvalue weighted by molar-refractivity contribution is -0.112. The van der Waals surface area contributed by atoms with Crippen molar-refractivity contribution in [2.45, 2.75) is 20.3 Å². The number of carbonyl (C=O) groups is 1. The van der Waals surface area contributed by atoms with Gasteiger partial charge in [0.1, 0.15) is 17.5 Å². The molecular formula is C22H23FN2O3. The number of rotatable bonds is 8. The number of para-hydroxylation sites is 1. The van der Waals surface area contributed by atoms with Crippen LogP contribution >= 0.6 is 0 Å². The van der Waals surface area contributed by atoms with Gasteiger partial charge in [0.2, 0.25) is 0 Å². The topological polar surface area (TPSA) is 71.3 Å². The molecule has 1 N–H and O–H groups in total. The number of anilines is 1. The lowest BCUT2D eigenvalue weighted by atomic mass is 10.1. The molecule has 0 unspecified atom stereocenters. The number of benzene rings is 2. The van der Waals surface area contributed by atoms with Gasteiger partial charge in [-0.15, -0.1) is 0 Å². The minimum atomic E-state index is -0.691. The van der Waals surface area contributed by atoms with Crippen molar-refractivity contribution in [3.8, 4) is 17.6 Å². The van der Waals surface area contributed by atoms with E-state index in [2.05, 4.69) is 19.2 Å². The van der Waals surface area contributed by atoms with Gasteiger partial charge in [0.25, 0.3) is 5.91 Å². The second-order valence-corrected chi connectivity index (χ2v) is 6.55. The number of methoxy groups -OCH3 is 1. The third-order valence-electron chi connectivity index (χ3n) is 3.94. The van der Waals surface area contributed by atoms with Crippen LogP contribution < -0.4 is 14.8 Å². The maximum atomic E-state index is 13.7. The van der Waals surface area contributed by atoms with E-state index in [1.54, 1.807) is 24.3 Å². The Kier molecular flexibility index (Phi) is 7.58. The minimum Gasteiger partial charge on any atom is -0.493 e. The molecule has 0 aromatic heterocycles. The van der Waals surface area contributed by atoms with Gasteiger partial charge in [-0.3, -0.25) is 4.79 Å². The van der Waals surface area contributed by atoms with Gasteiger partial charge < -0.3 is 14.8 Å². The van der Waals surface area contributed by atoms with Crippen molar-refractivity contribution in [3.63, 3.8) is 0 Å². The molecular weight excluding hydrogens is 359 g/mol. The quantitative estimate of drug-likeness (QED) is 0.526. The Labute approximate surface area is 164 Å². The molecule has 0 aliphatic heterocycles. The van der Waals surface area contributed by atoms with Crippen molar-refractivity contribution in [2.24, 2.45) is 5.92 Å². The third-order valence-corrected chi connectivity index (χ3v) is 3.94. The zero-order valence-corrected chi connectivity index (χ0v) is 16.2. The minimum absolute atomic E-state index is 0.0140. The van der Waals surface area contributed by atoms with Gasteiger partial charge in [0, 0.05) is 0 Å². The Bertz CT molecular complexity index is 901. The van der Waals surface area contributed by atoms with Gasteiger partial charge in [-0.1, -0.05) is 32.0 Å². The van der Waals surface area contributed by atoms with E-state index < -0.39 is 11.7 Å². The van der Waals surface area contributed by atoms with Crippen molar-refractivity contribution in [1.82, 2.24) is 0 Å². The van der Waals surface area contributed by atoms with Crippen LogP contribution in [0.4, 0.5) is 10.1 Å². The zero-order valence-electron chi connectivity index (χ0n) is 16.2. The molecule has 0 aliphatic carbocycles. The molecule has 5 nitrogen and oxygen atoms in total. The van der Waals surface area contributed by atoms with Crippen LogP contribution in [0.5, 0.6) is 11.5 Å². The zero-order chi connectivity index (χ0) is 20.5. The van der Waals surface area contributed by atoms with Gasteiger partial charge in [-0.05, 0) is 48.2 Å². The molecule has 0 saturated carbocycles. The summed E-state index contributed by atoms with van der Waals surface area (Å²) in [4.78, 5) is 12.3. The highest BCUT2D eigenvalue weighted by Gasteiger charge is 2.13. The molecule has 146 valence electrons.